The number of hydrogen-bond acceptors (Lipinski definition) is 6. The van der Waals surface area contributed by atoms with E-state index in [1.165, 1.54) is 38.5 Å². The third kappa shape index (κ3) is 48.4. The number of carbonyl (C=O) groups excluding carboxylic acids is 3. The molecule has 63 heavy (non-hydrogen) atoms. The Morgan fingerprint density at radius 1 is 0.333 bits per heavy atom. The van der Waals surface area contributed by atoms with Crippen LogP contribution in [0.15, 0.2) is 134 Å². The van der Waals surface area contributed by atoms with Crippen molar-refractivity contribution in [1.82, 2.24) is 0 Å². The molecule has 0 aliphatic rings. The zero-order chi connectivity index (χ0) is 45.8. The fraction of sp³-hybridized carbons (Fsp3) is 0.561. The molecule has 0 aromatic rings. The molecular weight excluding hydrogens is 781 g/mol. The highest BCUT2D eigenvalue weighted by atomic mass is 16.6. The summed E-state index contributed by atoms with van der Waals surface area (Å²) in [5, 5.41) is 0. The molecule has 0 aliphatic carbocycles. The van der Waals surface area contributed by atoms with Crippen LogP contribution in [0.2, 0.25) is 0 Å². The van der Waals surface area contributed by atoms with Gasteiger partial charge in [-0.15, -0.1) is 0 Å². The molecule has 0 amide bonds. The first-order valence-corrected chi connectivity index (χ1v) is 24.8. The highest BCUT2D eigenvalue weighted by molar-refractivity contribution is 5.71. The van der Waals surface area contributed by atoms with Crippen LogP contribution in [0.1, 0.15) is 188 Å². The van der Waals surface area contributed by atoms with Gasteiger partial charge in [0.25, 0.3) is 0 Å². The SMILES string of the molecule is CC/C=C/C=C/C=C/C=C/CCCCCC(=O)OCC(COC(=O)CCCCCCCCCCC/C=C/C/C=C/C/C=C/CC)OC(=O)CCCCC/C=C/C=C/C=C/C=C/CC. The second kappa shape index (κ2) is 50.2. The number of esters is 3. The van der Waals surface area contributed by atoms with Crippen LogP contribution in [0.5, 0.6) is 0 Å². The van der Waals surface area contributed by atoms with Gasteiger partial charge >= 0.3 is 17.9 Å². The summed E-state index contributed by atoms with van der Waals surface area (Å²) in [5.41, 5.74) is 0. The highest BCUT2D eigenvalue weighted by Gasteiger charge is 2.19. The third-order valence-corrected chi connectivity index (χ3v) is 9.82. The van der Waals surface area contributed by atoms with E-state index in [0.717, 1.165) is 103 Å². The average Bonchev–Trinajstić information content (AvgIpc) is 3.28. The fourth-order valence-electron chi connectivity index (χ4n) is 6.18. The van der Waals surface area contributed by atoms with Gasteiger partial charge in [-0.3, -0.25) is 14.4 Å². The smallest absolute Gasteiger partial charge is 0.306 e. The predicted molar refractivity (Wildman–Crippen MR) is 269 cm³/mol. The van der Waals surface area contributed by atoms with Crippen molar-refractivity contribution >= 4 is 17.9 Å². The molecule has 0 saturated carbocycles. The number of allylic oxidation sites excluding steroid dienone is 22. The van der Waals surface area contributed by atoms with Crippen molar-refractivity contribution < 1.29 is 28.6 Å². The Morgan fingerprint density at radius 3 is 1.10 bits per heavy atom. The van der Waals surface area contributed by atoms with Crippen LogP contribution >= 0.6 is 0 Å². The van der Waals surface area contributed by atoms with Crippen molar-refractivity contribution in [3.63, 3.8) is 0 Å². The largest absolute Gasteiger partial charge is 0.462 e. The molecule has 352 valence electrons. The van der Waals surface area contributed by atoms with Gasteiger partial charge in [0, 0.05) is 19.3 Å². The Hall–Kier alpha value is -4.45. The van der Waals surface area contributed by atoms with E-state index in [-0.39, 0.29) is 37.5 Å². The maximum absolute atomic E-state index is 12.8. The van der Waals surface area contributed by atoms with E-state index in [0.29, 0.717) is 19.3 Å². The van der Waals surface area contributed by atoms with Crippen molar-refractivity contribution in [1.29, 1.82) is 0 Å². The number of rotatable bonds is 42. The minimum absolute atomic E-state index is 0.115. The number of ether oxygens (including phenoxy) is 3. The lowest BCUT2D eigenvalue weighted by atomic mass is 10.1. The van der Waals surface area contributed by atoms with Gasteiger partial charge in [-0.25, -0.2) is 0 Å². The summed E-state index contributed by atoms with van der Waals surface area (Å²) >= 11 is 0. The maximum atomic E-state index is 12.8. The molecule has 0 bridgehead atoms. The Balaban J connectivity index is 4.49. The molecule has 6 heteroatoms. The normalized spacial score (nSPS) is 13.3. The van der Waals surface area contributed by atoms with Crippen LogP contribution in [0, 0.1) is 0 Å². The number of unbranched alkanes of at least 4 members (excludes halogenated alkanes) is 15. The van der Waals surface area contributed by atoms with Gasteiger partial charge in [0.2, 0.25) is 0 Å². The van der Waals surface area contributed by atoms with Crippen molar-refractivity contribution in [3.05, 3.63) is 134 Å². The summed E-state index contributed by atoms with van der Waals surface area (Å²) in [6, 6.07) is 0. The standard InChI is InChI=1S/C57H88O6/c1-4-7-10-13-16-19-22-25-26-27-28-29-30-33-35-38-41-44-47-50-56(59)62-53-54(63-57(60)51-48-45-42-39-36-32-24-21-18-15-12-9-6-3)52-61-55(58)49-46-43-40-37-34-31-23-20-17-14-11-8-5-2/h7-12,14-21,23-26,31-32,34,36,54H,4-6,13,22,27-30,33,35,37-53H2,1-3H3/b10-7+,11-8+,12-9+,17-14+,18-15+,19-16+,23-20+,24-21+,26-25+,34-31+,36-32+. The quantitative estimate of drug-likeness (QED) is 0.0200. The molecule has 0 rings (SSSR count). The Bertz CT molecular complexity index is 1420. The van der Waals surface area contributed by atoms with E-state index in [9.17, 15) is 14.4 Å². The zero-order valence-corrected chi connectivity index (χ0v) is 40.0. The summed E-state index contributed by atoms with van der Waals surface area (Å²) in [5.74, 6) is -1.01. The Labute approximate surface area is 385 Å². The Morgan fingerprint density at radius 2 is 0.651 bits per heavy atom. The van der Waals surface area contributed by atoms with Crippen molar-refractivity contribution in [2.24, 2.45) is 0 Å². The molecule has 0 saturated heterocycles. The fourth-order valence-corrected chi connectivity index (χ4v) is 6.18. The second-order valence-electron chi connectivity index (χ2n) is 15.8. The maximum Gasteiger partial charge on any atom is 0.306 e. The summed E-state index contributed by atoms with van der Waals surface area (Å²) in [7, 11) is 0. The molecule has 0 heterocycles. The molecular formula is C57H88O6. The minimum atomic E-state index is -0.821. The Kier molecular flexibility index (Phi) is 46.7. The van der Waals surface area contributed by atoms with Crippen LogP contribution in [0.25, 0.3) is 0 Å². The van der Waals surface area contributed by atoms with E-state index in [2.05, 4.69) is 81.5 Å². The van der Waals surface area contributed by atoms with E-state index in [1.54, 1.807) is 0 Å². The van der Waals surface area contributed by atoms with Gasteiger partial charge in [-0.2, -0.15) is 0 Å². The minimum Gasteiger partial charge on any atom is -0.462 e. The van der Waals surface area contributed by atoms with E-state index >= 15 is 0 Å². The van der Waals surface area contributed by atoms with Crippen LogP contribution in [-0.4, -0.2) is 37.2 Å². The topological polar surface area (TPSA) is 78.9 Å². The average molecular weight is 869 g/mol. The first kappa shape index (κ1) is 58.6. The second-order valence-corrected chi connectivity index (χ2v) is 15.8. The van der Waals surface area contributed by atoms with Crippen molar-refractivity contribution in [2.75, 3.05) is 13.2 Å². The summed E-state index contributed by atoms with van der Waals surface area (Å²) in [4.78, 5) is 37.9. The van der Waals surface area contributed by atoms with Crippen LogP contribution in [0.4, 0.5) is 0 Å². The molecule has 0 fully saturated rings. The molecule has 0 N–H and O–H groups in total. The van der Waals surface area contributed by atoms with E-state index in [4.69, 9.17) is 14.2 Å². The third-order valence-electron chi connectivity index (χ3n) is 9.82. The highest BCUT2D eigenvalue weighted by Crippen LogP contribution is 2.13. The van der Waals surface area contributed by atoms with Gasteiger partial charge in [0.1, 0.15) is 13.2 Å². The van der Waals surface area contributed by atoms with Gasteiger partial charge in [0.05, 0.1) is 0 Å². The molecule has 0 aromatic carbocycles. The van der Waals surface area contributed by atoms with E-state index in [1.807, 2.05) is 72.9 Å². The molecule has 6 nitrogen and oxygen atoms in total. The van der Waals surface area contributed by atoms with Gasteiger partial charge in [-0.05, 0) is 89.9 Å². The summed E-state index contributed by atoms with van der Waals surface area (Å²) in [6.45, 7) is 6.14. The lowest BCUT2D eigenvalue weighted by Gasteiger charge is -2.18. The summed E-state index contributed by atoms with van der Waals surface area (Å²) < 4.78 is 16.7. The molecule has 1 atom stereocenters. The zero-order valence-electron chi connectivity index (χ0n) is 40.0. The molecule has 0 spiro atoms. The molecule has 1 unspecified atom stereocenters. The summed E-state index contributed by atoms with van der Waals surface area (Å²) in [6.07, 6.45) is 70.1. The molecule has 0 aliphatic heterocycles. The van der Waals surface area contributed by atoms with Gasteiger partial charge in [-0.1, -0.05) is 212 Å². The van der Waals surface area contributed by atoms with Crippen LogP contribution < -0.4 is 0 Å². The lowest BCUT2D eigenvalue weighted by Crippen LogP contribution is -2.30. The molecule has 0 radical (unpaired) electrons. The van der Waals surface area contributed by atoms with Crippen LogP contribution in [0.3, 0.4) is 0 Å². The monoisotopic (exact) mass is 869 g/mol. The van der Waals surface area contributed by atoms with Crippen LogP contribution in [-0.2, 0) is 28.6 Å². The number of hydrogen-bond donors (Lipinski definition) is 0. The molecule has 0 aromatic heterocycles. The van der Waals surface area contributed by atoms with Gasteiger partial charge in [0.15, 0.2) is 6.10 Å². The van der Waals surface area contributed by atoms with Gasteiger partial charge < -0.3 is 14.2 Å². The van der Waals surface area contributed by atoms with E-state index < -0.39 is 6.10 Å². The number of carbonyl (C=O) groups is 3. The first-order chi connectivity index (χ1) is 31.0. The predicted octanol–water partition coefficient (Wildman–Crippen LogP) is 16.3. The van der Waals surface area contributed by atoms with Crippen molar-refractivity contribution in [2.45, 2.75) is 194 Å². The lowest BCUT2D eigenvalue weighted by molar-refractivity contribution is -0.167. The first-order valence-electron chi connectivity index (χ1n) is 24.8. The van der Waals surface area contributed by atoms with Crippen molar-refractivity contribution in [3.8, 4) is 0 Å².